The van der Waals surface area contributed by atoms with Crippen molar-refractivity contribution in [1.29, 1.82) is 0 Å². The number of nitrogens with zero attached hydrogens (tertiary/aromatic N) is 1. The minimum absolute atomic E-state index is 0.00474. The Morgan fingerprint density at radius 3 is 2.12 bits per heavy atom. The molecule has 1 fully saturated rings. The molecule has 4 heteroatoms. The van der Waals surface area contributed by atoms with Crippen molar-refractivity contribution in [2.45, 2.75) is 127 Å². The molecule has 8 atom stereocenters. The van der Waals surface area contributed by atoms with Gasteiger partial charge in [0.05, 0.1) is 17.6 Å². The fourth-order valence-electron chi connectivity index (χ4n) is 5.80. The first-order valence-corrected chi connectivity index (χ1v) is 13.4. The molecule has 1 rings (SSSR count). The predicted molar refractivity (Wildman–Crippen MR) is 141 cm³/mol. The summed E-state index contributed by atoms with van der Waals surface area (Å²) in [5, 5.41) is 16.3. The van der Waals surface area contributed by atoms with Crippen molar-refractivity contribution in [1.82, 2.24) is 0 Å². The van der Waals surface area contributed by atoms with Crippen LogP contribution in [0.1, 0.15) is 109 Å². The van der Waals surface area contributed by atoms with Crippen molar-refractivity contribution in [2.24, 2.45) is 45.6 Å². The van der Waals surface area contributed by atoms with E-state index in [9.17, 15) is 5.11 Å². The molecular formula is C29H55NO3. The zero-order valence-electron chi connectivity index (χ0n) is 23.9. The third kappa shape index (κ3) is 7.47. The van der Waals surface area contributed by atoms with E-state index in [0.29, 0.717) is 11.8 Å². The third-order valence-electron chi connectivity index (χ3n) is 8.73. The van der Waals surface area contributed by atoms with Crippen molar-refractivity contribution in [2.75, 3.05) is 0 Å². The quantitative estimate of drug-likeness (QED) is 0.430. The Labute approximate surface area is 205 Å². The predicted octanol–water partition coefficient (Wildman–Crippen LogP) is 7.85. The van der Waals surface area contributed by atoms with Gasteiger partial charge in [-0.15, -0.1) is 0 Å². The van der Waals surface area contributed by atoms with Crippen LogP contribution in [0.5, 0.6) is 0 Å². The lowest BCUT2D eigenvalue weighted by Gasteiger charge is -2.44. The fraction of sp³-hybridized carbons (Fsp3) is 0.897. The lowest BCUT2D eigenvalue weighted by Crippen LogP contribution is -2.48. The van der Waals surface area contributed by atoms with Crippen molar-refractivity contribution in [3.05, 3.63) is 12.3 Å². The van der Waals surface area contributed by atoms with E-state index in [1.54, 1.807) is 0 Å². The van der Waals surface area contributed by atoms with E-state index in [0.717, 1.165) is 37.2 Å². The van der Waals surface area contributed by atoms with Gasteiger partial charge in [-0.05, 0) is 56.3 Å². The highest BCUT2D eigenvalue weighted by molar-refractivity contribution is 5.88. The monoisotopic (exact) mass is 465 g/mol. The average molecular weight is 466 g/mol. The molecule has 1 saturated heterocycles. The molecule has 0 bridgehead atoms. The molecule has 1 aliphatic heterocycles. The average Bonchev–Trinajstić information content (AvgIpc) is 2.74. The summed E-state index contributed by atoms with van der Waals surface area (Å²) in [6.07, 6.45) is 3.36. The van der Waals surface area contributed by atoms with E-state index < -0.39 is 11.5 Å². The van der Waals surface area contributed by atoms with Crippen molar-refractivity contribution in [3.63, 3.8) is 0 Å². The lowest BCUT2D eigenvalue weighted by molar-refractivity contribution is -0.0821. The number of rotatable bonds is 4. The van der Waals surface area contributed by atoms with E-state index in [2.05, 4.69) is 81.0 Å². The number of hydrogen-bond acceptors (Lipinski definition) is 4. The van der Waals surface area contributed by atoms with Gasteiger partial charge in [-0.25, -0.2) is 0 Å². The van der Waals surface area contributed by atoms with Crippen molar-refractivity contribution in [3.8, 4) is 0 Å². The van der Waals surface area contributed by atoms with Gasteiger partial charge in [-0.2, -0.15) is 0 Å². The highest BCUT2D eigenvalue weighted by Gasteiger charge is 2.44. The number of ether oxygens (including phenoxy) is 1. The van der Waals surface area contributed by atoms with Crippen LogP contribution < -0.4 is 0 Å². The van der Waals surface area contributed by atoms with Gasteiger partial charge < -0.3 is 14.7 Å². The molecule has 0 aromatic rings. The summed E-state index contributed by atoms with van der Waals surface area (Å²) in [7, 11) is 0. The topological polar surface area (TPSA) is 51.0 Å². The molecule has 0 saturated carbocycles. The van der Waals surface area contributed by atoms with Gasteiger partial charge in [-0.3, -0.25) is 0 Å². The third-order valence-corrected chi connectivity index (χ3v) is 8.73. The minimum Gasteiger partial charge on any atom is -0.494 e. The molecule has 4 nitrogen and oxygen atoms in total. The zero-order chi connectivity index (χ0) is 25.7. The summed E-state index contributed by atoms with van der Waals surface area (Å²) in [6, 6.07) is 0. The lowest BCUT2D eigenvalue weighted by atomic mass is 9.66. The van der Waals surface area contributed by atoms with Crippen LogP contribution in [0.3, 0.4) is 0 Å². The second-order valence-electron chi connectivity index (χ2n) is 12.3. The summed E-state index contributed by atoms with van der Waals surface area (Å²) in [4.78, 5) is 5.76. The summed E-state index contributed by atoms with van der Waals surface area (Å²) < 4.78 is 6.52. The number of oxime groups is 1. The number of aliphatic hydroxyl groups is 1. The smallest absolute Gasteiger partial charge is 0.122 e. The summed E-state index contributed by atoms with van der Waals surface area (Å²) >= 11 is 0. The van der Waals surface area contributed by atoms with E-state index >= 15 is 0 Å². The first-order chi connectivity index (χ1) is 15.1. The van der Waals surface area contributed by atoms with E-state index in [1.165, 1.54) is 0 Å². The van der Waals surface area contributed by atoms with Crippen LogP contribution in [0.2, 0.25) is 0 Å². The SMILES string of the molecule is C=C1O[C@H](CC)C(C)(C)C(O)[C@@H](C)/C(=N/OC(C)C)[C@H](C)C[C@@](C)(CC)C[C@@H](C)[C@H](C)[C@H]1C. The first kappa shape index (κ1) is 30.0. The van der Waals surface area contributed by atoms with E-state index in [4.69, 9.17) is 9.57 Å². The van der Waals surface area contributed by atoms with Crippen LogP contribution in [0.25, 0.3) is 0 Å². The Morgan fingerprint density at radius 2 is 1.64 bits per heavy atom. The Balaban J connectivity index is 3.56. The van der Waals surface area contributed by atoms with Crippen LogP contribution >= 0.6 is 0 Å². The molecule has 1 aliphatic rings. The van der Waals surface area contributed by atoms with Gasteiger partial charge in [-0.1, -0.05) is 87.4 Å². The van der Waals surface area contributed by atoms with Gasteiger partial charge >= 0.3 is 0 Å². The van der Waals surface area contributed by atoms with Gasteiger partial charge in [0.15, 0.2) is 0 Å². The highest BCUT2D eigenvalue weighted by Crippen LogP contribution is 2.44. The molecule has 1 heterocycles. The van der Waals surface area contributed by atoms with Gasteiger partial charge in [0.1, 0.15) is 12.2 Å². The van der Waals surface area contributed by atoms with Crippen molar-refractivity contribution >= 4 is 5.71 Å². The second-order valence-corrected chi connectivity index (χ2v) is 12.3. The normalized spacial score (nSPS) is 40.4. The van der Waals surface area contributed by atoms with Crippen molar-refractivity contribution < 1.29 is 14.7 Å². The Hall–Kier alpha value is -1.03. The minimum atomic E-state index is -0.616. The number of hydrogen-bond donors (Lipinski definition) is 1. The van der Waals surface area contributed by atoms with Crippen LogP contribution in [-0.4, -0.2) is 29.1 Å². The number of allylic oxidation sites excluding steroid dienone is 1. The second kappa shape index (κ2) is 12.1. The molecule has 1 unspecified atom stereocenters. The van der Waals surface area contributed by atoms with E-state index in [-0.39, 0.29) is 35.4 Å². The molecule has 0 aromatic carbocycles. The van der Waals surface area contributed by atoms with Gasteiger partial charge in [0, 0.05) is 17.3 Å². The highest BCUT2D eigenvalue weighted by atomic mass is 16.6. The Bertz CT molecular complexity index is 655. The van der Waals surface area contributed by atoms with Crippen LogP contribution in [0.4, 0.5) is 0 Å². The molecule has 0 aromatic heterocycles. The maximum Gasteiger partial charge on any atom is 0.122 e. The summed E-state index contributed by atoms with van der Waals surface area (Å²) in [5.41, 5.74) is 0.676. The summed E-state index contributed by atoms with van der Waals surface area (Å²) in [6.45, 7) is 30.7. The molecule has 194 valence electrons. The Morgan fingerprint density at radius 1 is 1.06 bits per heavy atom. The molecule has 0 radical (unpaired) electrons. The molecule has 0 amide bonds. The van der Waals surface area contributed by atoms with Crippen LogP contribution in [-0.2, 0) is 9.57 Å². The van der Waals surface area contributed by atoms with E-state index in [1.807, 2.05) is 13.8 Å². The molecule has 0 aliphatic carbocycles. The molecule has 0 spiro atoms. The standard InChI is InChI=1S/C29H55NO3/c1-14-25-28(11,12)27(31)23(9)26(30-33-18(3)4)20(6)17-29(13,15-2)16-19(5)21(7)22(8)24(10)32-25/h18-23,25,27,31H,10,14-17H2,1-9,11-13H3/b30-26+/t19-,20-,21+,22-,23+,25-,27?,29+/m1/s1. The maximum atomic E-state index is 11.7. The van der Waals surface area contributed by atoms with Gasteiger partial charge in [0.2, 0.25) is 0 Å². The largest absolute Gasteiger partial charge is 0.494 e. The first-order valence-electron chi connectivity index (χ1n) is 13.4. The number of aliphatic hydroxyl groups excluding tert-OH is 1. The maximum absolute atomic E-state index is 11.7. The van der Waals surface area contributed by atoms with Crippen LogP contribution in [0, 0.1) is 40.4 Å². The van der Waals surface area contributed by atoms with Gasteiger partial charge in [0.25, 0.3) is 0 Å². The van der Waals surface area contributed by atoms with Crippen LogP contribution in [0.15, 0.2) is 17.5 Å². The zero-order valence-corrected chi connectivity index (χ0v) is 23.9. The summed E-state index contributed by atoms with van der Waals surface area (Å²) in [5.74, 6) is 2.19. The molecular weight excluding hydrogens is 410 g/mol. The fourth-order valence-corrected chi connectivity index (χ4v) is 5.80. The Kier molecular flexibility index (Phi) is 11.0. The molecule has 1 N–H and O–H groups in total. The molecule has 33 heavy (non-hydrogen) atoms.